The predicted octanol–water partition coefficient (Wildman–Crippen LogP) is 2.69. The summed E-state index contributed by atoms with van der Waals surface area (Å²) in [5.74, 6) is 0.567. The fourth-order valence-electron chi connectivity index (χ4n) is 3.67. The van der Waals surface area contributed by atoms with Crippen molar-refractivity contribution in [3.63, 3.8) is 0 Å². The van der Waals surface area contributed by atoms with Crippen molar-refractivity contribution in [2.45, 2.75) is 18.5 Å². The molecule has 3 aliphatic rings. The van der Waals surface area contributed by atoms with Gasteiger partial charge in [0.1, 0.15) is 6.17 Å². The second-order valence-electron chi connectivity index (χ2n) is 5.51. The van der Waals surface area contributed by atoms with Gasteiger partial charge in [-0.1, -0.05) is 37.3 Å². The SMILES string of the molecule is C=C1C2C3N(C)C=CN3c3ccccc3C12C. The first-order chi connectivity index (χ1) is 8.15. The maximum absolute atomic E-state index is 4.30. The van der Waals surface area contributed by atoms with Crippen molar-refractivity contribution in [3.05, 3.63) is 54.4 Å². The van der Waals surface area contributed by atoms with Crippen LogP contribution in [0.4, 0.5) is 5.69 Å². The summed E-state index contributed by atoms with van der Waals surface area (Å²) >= 11 is 0. The summed E-state index contributed by atoms with van der Waals surface area (Å²) in [6.45, 7) is 6.63. The summed E-state index contributed by atoms with van der Waals surface area (Å²) in [6.07, 6.45) is 4.79. The molecule has 0 radical (unpaired) electrons. The first kappa shape index (κ1) is 9.34. The molecule has 0 aromatic heterocycles. The van der Waals surface area contributed by atoms with E-state index in [-0.39, 0.29) is 5.41 Å². The molecule has 4 rings (SSSR count). The van der Waals surface area contributed by atoms with Crippen molar-refractivity contribution in [3.8, 4) is 0 Å². The zero-order valence-corrected chi connectivity index (χ0v) is 10.2. The van der Waals surface area contributed by atoms with E-state index in [9.17, 15) is 0 Å². The predicted molar refractivity (Wildman–Crippen MR) is 69.6 cm³/mol. The monoisotopic (exact) mass is 224 g/mol. The van der Waals surface area contributed by atoms with Crippen molar-refractivity contribution in [2.24, 2.45) is 5.92 Å². The third-order valence-electron chi connectivity index (χ3n) is 4.79. The molecular formula is C15H16N2. The Morgan fingerprint density at radius 1 is 1.24 bits per heavy atom. The van der Waals surface area contributed by atoms with Gasteiger partial charge >= 0.3 is 0 Å². The van der Waals surface area contributed by atoms with E-state index >= 15 is 0 Å². The molecule has 2 nitrogen and oxygen atoms in total. The maximum Gasteiger partial charge on any atom is 0.113 e. The topological polar surface area (TPSA) is 6.48 Å². The van der Waals surface area contributed by atoms with Crippen LogP contribution in [0, 0.1) is 5.92 Å². The molecule has 0 spiro atoms. The number of fused-ring (bicyclic) bond motifs is 6. The van der Waals surface area contributed by atoms with Gasteiger partial charge in [0.15, 0.2) is 0 Å². The molecule has 0 bridgehead atoms. The number of rotatable bonds is 0. The molecule has 2 heterocycles. The minimum Gasteiger partial charge on any atom is -0.358 e. The second-order valence-corrected chi connectivity index (χ2v) is 5.51. The molecular weight excluding hydrogens is 208 g/mol. The number of anilines is 1. The van der Waals surface area contributed by atoms with Crippen LogP contribution < -0.4 is 4.90 Å². The average molecular weight is 224 g/mol. The quantitative estimate of drug-likeness (QED) is 0.625. The van der Waals surface area contributed by atoms with Crippen LogP contribution in [0.1, 0.15) is 12.5 Å². The minimum absolute atomic E-state index is 0.192. The van der Waals surface area contributed by atoms with Crippen LogP contribution in [0.2, 0.25) is 0 Å². The number of benzene rings is 1. The molecule has 1 saturated carbocycles. The first-order valence-corrected chi connectivity index (χ1v) is 6.13. The van der Waals surface area contributed by atoms with E-state index in [0.29, 0.717) is 12.1 Å². The summed E-state index contributed by atoms with van der Waals surface area (Å²) in [7, 11) is 2.15. The summed E-state index contributed by atoms with van der Waals surface area (Å²) < 4.78 is 0. The highest BCUT2D eigenvalue weighted by Gasteiger charge is 2.65. The lowest BCUT2D eigenvalue weighted by Gasteiger charge is -2.37. The van der Waals surface area contributed by atoms with Gasteiger partial charge in [0, 0.05) is 36.5 Å². The van der Waals surface area contributed by atoms with Gasteiger partial charge in [-0.15, -0.1) is 0 Å². The van der Waals surface area contributed by atoms with Gasteiger partial charge in [0.05, 0.1) is 0 Å². The largest absolute Gasteiger partial charge is 0.358 e. The lowest BCUT2D eigenvalue weighted by atomic mass is 9.88. The van der Waals surface area contributed by atoms with Gasteiger partial charge in [-0.2, -0.15) is 0 Å². The molecule has 1 aliphatic carbocycles. The molecule has 86 valence electrons. The normalized spacial score (nSPS) is 36.7. The fraction of sp³-hybridized carbons (Fsp3) is 0.333. The average Bonchev–Trinajstić information content (AvgIpc) is 2.70. The first-order valence-electron chi connectivity index (χ1n) is 6.13. The van der Waals surface area contributed by atoms with E-state index in [1.807, 2.05) is 0 Å². The summed E-state index contributed by atoms with van der Waals surface area (Å²) in [5.41, 5.74) is 4.35. The smallest absolute Gasteiger partial charge is 0.113 e. The zero-order chi connectivity index (χ0) is 11.8. The van der Waals surface area contributed by atoms with E-state index < -0.39 is 0 Å². The fourth-order valence-corrected chi connectivity index (χ4v) is 3.67. The van der Waals surface area contributed by atoms with Crippen LogP contribution in [0.3, 0.4) is 0 Å². The number of hydrogen-bond acceptors (Lipinski definition) is 2. The molecule has 0 N–H and O–H groups in total. The Morgan fingerprint density at radius 3 is 2.82 bits per heavy atom. The summed E-state index contributed by atoms with van der Waals surface area (Å²) in [6, 6.07) is 8.73. The Kier molecular flexibility index (Phi) is 1.42. The number of hydrogen-bond donors (Lipinski definition) is 0. The Hall–Kier alpha value is -1.70. The van der Waals surface area contributed by atoms with Gasteiger partial charge in [-0.3, -0.25) is 0 Å². The molecule has 3 atom stereocenters. The molecule has 1 aromatic rings. The highest BCUT2D eigenvalue weighted by molar-refractivity contribution is 5.72. The van der Waals surface area contributed by atoms with E-state index in [0.717, 1.165) is 0 Å². The lowest BCUT2D eigenvalue weighted by molar-refractivity contribution is 0.301. The molecule has 1 fully saturated rings. The third-order valence-corrected chi connectivity index (χ3v) is 4.79. The minimum atomic E-state index is 0.192. The Morgan fingerprint density at radius 2 is 2.00 bits per heavy atom. The Labute approximate surface area is 102 Å². The molecule has 2 aliphatic heterocycles. The lowest BCUT2D eigenvalue weighted by Crippen LogP contribution is -2.43. The number of para-hydroxylation sites is 1. The highest BCUT2D eigenvalue weighted by Crippen LogP contribution is 2.66. The second kappa shape index (κ2) is 2.58. The van der Waals surface area contributed by atoms with Crippen molar-refractivity contribution < 1.29 is 0 Å². The van der Waals surface area contributed by atoms with Crippen LogP contribution in [0.25, 0.3) is 0 Å². The Balaban J connectivity index is 1.98. The molecule has 17 heavy (non-hydrogen) atoms. The summed E-state index contributed by atoms with van der Waals surface area (Å²) in [4.78, 5) is 4.69. The van der Waals surface area contributed by atoms with Gasteiger partial charge in [0.2, 0.25) is 0 Å². The van der Waals surface area contributed by atoms with Crippen molar-refractivity contribution >= 4 is 5.69 Å². The Bertz CT molecular complexity index is 560. The van der Waals surface area contributed by atoms with Crippen LogP contribution in [-0.2, 0) is 5.41 Å². The summed E-state index contributed by atoms with van der Waals surface area (Å²) in [5, 5.41) is 0. The zero-order valence-electron chi connectivity index (χ0n) is 10.2. The van der Waals surface area contributed by atoms with E-state index in [1.54, 1.807) is 0 Å². The van der Waals surface area contributed by atoms with E-state index in [4.69, 9.17) is 0 Å². The molecule has 3 unspecified atom stereocenters. The van der Waals surface area contributed by atoms with Gasteiger partial charge in [0.25, 0.3) is 0 Å². The van der Waals surface area contributed by atoms with Gasteiger partial charge in [-0.25, -0.2) is 0 Å². The van der Waals surface area contributed by atoms with E-state index in [2.05, 4.69) is 67.0 Å². The van der Waals surface area contributed by atoms with Crippen molar-refractivity contribution in [2.75, 3.05) is 11.9 Å². The van der Waals surface area contributed by atoms with Crippen molar-refractivity contribution in [1.82, 2.24) is 4.90 Å². The van der Waals surface area contributed by atoms with Crippen LogP contribution in [0.15, 0.2) is 48.8 Å². The number of nitrogens with zero attached hydrogens (tertiary/aromatic N) is 2. The van der Waals surface area contributed by atoms with Crippen LogP contribution in [0.5, 0.6) is 0 Å². The van der Waals surface area contributed by atoms with Gasteiger partial charge < -0.3 is 9.80 Å². The molecule has 0 amide bonds. The van der Waals surface area contributed by atoms with E-state index in [1.165, 1.54) is 16.8 Å². The highest BCUT2D eigenvalue weighted by atomic mass is 15.4. The molecule has 2 heteroatoms. The van der Waals surface area contributed by atoms with Crippen LogP contribution >= 0.6 is 0 Å². The van der Waals surface area contributed by atoms with Gasteiger partial charge in [-0.05, 0) is 11.6 Å². The van der Waals surface area contributed by atoms with Crippen molar-refractivity contribution in [1.29, 1.82) is 0 Å². The standard InChI is InChI=1S/C15H16N2/c1-10-13-14-16(3)8-9-17(14)12-7-5-4-6-11(12)15(10,13)2/h4-9,13-14H,1H2,2-3H3. The molecule has 0 saturated heterocycles. The third kappa shape index (κ3) is 0.855. The maximum atomic E-state index is 4.30. The molecule has 1 aromatic carbocycles. The van der Waals surface area contributed by atoms with Crippen LogP contribution in [-0.4, -0.2) is 18.1 Å².